The number of nitrogens with one attached hydrogen (secondary N) is 1. The number of H-pyrrole nitrogens is 1. The molecule has 0 aliphatic heterocycles. The lowest BCUT2D eigenvalue weighted by atomic mass is 10.1. The minimum Gasteiger partial charge on any atom is -0.393 e. The average Bonchev–Trinajstić information content (AvgIpc) is 2.60. The Bertz CT molecular complexity index is 643. The number of aromatic amines is 1. The van der Waals surface area contributed by atoms with Crippen LogP contribution in [0.2, 0.25) is 10.0 Å². The summed E-state index contributed by atoms with van der Waals surface area (Å²) in [6, 6.07) is 4.96. The van der Waals surface area contributed by atoms with Gasteiger partial charge < -0.3 is 5.73 Å². The van der Waals surface area contributed by atoms with Gasteiger partial charge in [-0.05, 0) is 24.1 Å². The smallest absolute Gasteiger partial charge is 0.294 e. The lowest BCUT2D eigenvalue weighted by molar-refractivity contribution is 0.761. The van der Waals surface area contributed by atoms with Crippen LogP contribution in [0.3, 0.4) is 0 Å². The molecule has 3 N–H and O–H groups in total. The number of nitrogen functional groups attached to an aromatic ring is 1. The summed E-state index contributed by atoms with van der Waals surface area (Å²) in [5.41, 5.74) is 7.06. The number of rotatable bonds is 2. The van der Waals surface area contributed by atoms with Gasteiger partial charge in [0.2, 0.25) is 0 Å². The third-order valence-corrected chi connectivity index (χ3v) is 3.43. The summed E-state index contributed by atoms with van der Waals surface area (Å²) in [6.45, 7) is 3.92. The van der Waals surface area contributed by atoms with Crippen molar-refractivity contribution in [3.8, 4) is 5.69 Å². The summed E-state index contributed by atoms with van der Waals surface area (Å²) in [4.78, 5) is 12.0. The Kier molecular flexibility index (Phi) is 3.41. The van der Waals surface area contributed by atoms with Gasteiger partial charge in [0.15, 0.2) is 0 Å². The molecule has 1 aromatic carbocycles. The summed E-state index contributed by atoms with van der Waals surface area (Å²) >= 11 is 11.8. The van der Waals surface area contributed by atoms with Crippen molar-refractivity contribution in [2.24, 2.45) is 0 Å². The molecule has 6 heteroatoms. The maximum absolute atomic E-state index is 12.0. The van der Waals surface area contributed by atoms with Crippen molar-refractivity contribution in [3.63, 3.8) is 0 Å². The van der Waals surface area contributed by atoms with Gasteiger partial charge in [-0.3, -0.25) is 9.89 Å². The van der Waals surface area contributed by atoms with Crippen LogP contribution in [-0.4, -0.2) is 9.78 Å². The molecular formula is C12H13Cl2N3O. The van der Waals surface area contributed by atoms with Gasteiger partial charge in [-0.2, -0.15) is 0 Å². The van der Waals surface area contributed by atoms with E-state index in [4.69, 9.17) is 28.9 Å². The first-order chi connectivity index (χ1) is 8.41. The third kappa shape index (κ3) is 2.13. The average molecular weight is 286 g/mol. The first-order valence-electron chi connectivity index (χ1n) is 5.47. The van der Waals surface area contributed by atoms with Crippen molar-refractivity contribution < 1.29 is 0 Å². The highest BCUT2D eigenvalue weighted by molar-refractivity contribution is 6.42. The lowest BCUT2D eigenvalue weighted by Crippen LogP contribution is -2.16. The van der Waals surface area contributed by atoms with Crippen LogP contribution in [0.1, 0.15) is 25.5 Å². The van der Waals surface area contributed by atoms with Crippen molar-refractivity contribution >= 4 is 28.9 Å². The van der Waals surface area contributed by atoms with E-state index < -0.39 is 0 Å². The zero-order chi connectivity index (χ0) is 13.4. The number of nitrogens with two attached hydrogens (primary N) is 1. The van der Waals surface area contributed by atoms with E-state index in [0.717, 1.165) is 0 Å². The summed E-state index contributed by atoms with van der Waals surface area (Å²) in [5.74, 6) is 0.140. The fraction of sp³-hybridized carbons (Fsp3) is 0.250. The molecule has 0 aliphatic rings. The van der Waals surface area contributed by atoms with Crippen LogP contribution in [0.15, 0.2) is 23.0 Å². The molecular weight excluding hydrogens is 273 g/mol. The SMILES string of the molecule is CC(C)c1[nH]n(-c2ccc(Cl)c(Cl)c2)c(=O)c1N. The summed E-state index contributed by atoms with van der Waals surface area (Å²) in [6.07, 6.45) is 0. The summed E-state index contributed by atoms with van der Waals surface area (Å²) < 4.78 is 1.37. The highest BCUT2D eigenvalue weighted by Gasteiger charge is 2.15. The summed E-state index contributed by atoms with van der Waals surface area (Å²) in [5, 5.41) is 3.82. The molecule has 1 heterocycles. The normalized spacial score (nSPS) is 11.2. The van der Waals surface area contributed by atoms with Crippen LogP contribution in [0, 0.1) is 0 Å². The Morgan fingerprint density at radius 1 is 1.28 bits per heavy atom. The Morgan fingerprint density at radius 2 is 1.94 bits per heavy atom. The van der Waals surface area contributed by atoms with E-state index in [9.17, 15) is 4.79 Å². The zero-order valence-corrected chi connectivity index (χ0v) is 11.5. The number of hydrogen-bond acceptors (Lipinski definition) is 2. The van der Waals surface area contributed by atoms with Gasteiger partial charge in [-0.1, -0.05) is 37.0 Å². The molecule has 0 saturated carbocycles. The highest BCUT2D eigenvalue weighted by Crippen LogP contribution is 2.24. The summed E-state index contributed by atoms with van der Waals surface area (Å²) in [7, 11) is 0. The molecule has 0 saturated heterocycles. The fourth-order valence-corrected chi connectivity index (χ4v) is 2.01. The molecule has 0 unspecified atom stereocenters. The minimum absolute atomic E-state index is 0.140. The van der Waals surface area contributed by atoms with Crippen LogP contribution in [0.25, 0.3) is 5.69 Å². The molecule has 0 amide bonds. The molecule has 96 valence electrons. The number of halogens is 2. The van der Waals surface area contributed by atoms with E-state index in [1.807, 2.05) is 13.8 Å². The van der Waals surface area contributed by atoms with Gasteiger partial charge in [0, 0.05) is 0 Å². The number of aromatic nitrogens is 2. The second-order valence-corrected chi connectivity index (χ2v) is 5.15. The van der Waals surface area contributed by atoms with Crippen LogP contribution in [0.5, 0.6) is 0 Å². The van der Waals surface area contributed by atoms with E-state index in [0.29, 0.717) is 21.4 Å². The molecule has 4 nitrogen and oxygen atoms in total. The Balaban J connectivity index is 2.61. The van der Waals surface area contributed by atoms with Crippen LogP contribution in [-0.2, 0) is 0 Å². The van der Waals surface area contributed by atoms with Gasteiger partial charge >= 0.3 is 0 Å². The molecule has 0 spiro atoms. The molecule has 2 aromatic rings. The number of anilines is 1. The first kappa shape index (κ1) is 13.1. The maximum atomic E-state index is 12.0. The molecule has 18 heavy (non-hydrogen) atoms. The molecule has 0 aliphatic carbocycles. The second-order valence-electron chi connectivity index (χ2n) is 4.33. The van der Waals surface area contributed by atoms with Gasteiger partial charge in [0.05, 0.1) is 21.4 Å². The van der Waals surface area contributed by atoms with Crippen molar-refractivity contribution in [1.82, 2.24) is 9.78 Å². The van der Waals surface area contributed by atoms with Gasteiger partial charge in [0.1, 0.15) is 5.69 Å². The van der Waals surface area contributed by atoms with Crippen molar-refractivity contribution in [1.29, 1.82) is 0 Å². The molecule has 0 radical (unpaired) electrons. The van der Waals surface area contributed by atoms with Crippen molar-refractivity contribution in [2.75, 3.05) is 5.73 Å². The Hall–Kier alpha value is -1.39. The van der Waals surface area contributed by atoms with E-state index >= 15 is 0 Å². The molecule has 0 fully saturated rings. The molecule has 0 atom stereocenters. The first-order valence-corrected chi connectivity index (χ1v) is 6.23. The predicted molar refractivity (Wildman–Crippen MR) is 74.9 cm³/mol. The Morgan fingerprint density at radius 3 is 2.44 bits per heavy atom. The maximum Gasteiger partial charge on any atom is 0.294 e. The number of hydrogen-bond donors (Lipinski definition) is 2. The van der Waals surface area contributed by atoms with Crippen molar-refractivity contribution in [2.45, 2.75) is 19.8 Å². The zero-order valence-electron chi connectivity index (χ0n) is 10.00. The molecule has 2 rings (SSSR count). The minimum atomic E-state index is -0.280. The highest BCUT2D eigenvalue weighted by atomic mass is 35.5. The second kappa shape index (κ2) is 4.71. The standard InChI is InChI=1S/C12H13Cl2N3O/c1-6(2)11-10(15)12(18)17(16-11)7-3-4-8(13)9(14)5-7/h3-6,16H,15H2,1-2H3. The van der Waals surface area contributed by atoms with E-state index in [1.165, 1.54) is 4.68 Å². The van der Waals surface area contributed by atoms with E-state index in [1.54, 1.807) is 18.2 Å². The van der Waals surface area contributed by atoms with E-state index in [2.05, 4.69) is 5.10 Å². The fourth-order valence-electron chi connectivity index (χ4n) is 1.71. The monoisotopic (exact) mass is 285 g/mol. The largest absolute Gasteiger partial charge is 0.393 e. The van der Waals surface area contributed by atoms with Gasteiger partial charge in [-0.15, -0.1) is 0 Å². The van der Waals surface area contributed by atoms with Gasteiger partial charge in [0.25, 0.3) is 5.56 Å². The Labute approximate surface area is 114 Å². The molecule has 0 bridgehead atoms. The molecule has 1 aromatic heterocycles. The van der Waals surface area contributed by atoms with Crippen LogP contribution < -0.4 is 11.3 Å². The predicted octanol–water partition coefficient (Wildman–Crippen LogP) is 3.18. The number of nitrogens with zero attached hydrogens (tertiary/aromatic N) is 1. The van der Waals surface area contributed by atoms with Crippen LogP contribution >= 0.6 is 23.2 Å². The lowest BCUT2D eigenvalue weighted by Gasteiger charge is -2.04. The quantitative estimate of drug-likeness (QED) is 0.890. The number of benzene rings is 1. The third-order valence-electron chi connectivity index (χ3n) is 2.69. The van der Waals surface area contributed by atoms with Crippen molar-refractivity contribution in [3.05, 3.63) is 44.3 Å². The topological polar surface area (TPSA) is 63.8 Å². The van der Waals surface area contributed by atoms with Gasteiger partial charge in [-0.25, -0.2) is 4.68 Å². The van der Waals surface area contributed by atoms with Crippen LogP contribution in [0.4, 0.5) is 5.69 Å². The van der Waals surface area contributed by atoms with E-state index in [-0.39, 0.29) is 17.2 Å².